The van der Waals surface area contributed by atoms with Crippen LogP contribution in [-0.4, -0.2) is 11.7 Å². The van der Waals surface area contributed by atoms with Crippen LogP contribution >= 0.6 is 0 Å². The fourth-order valence-electron chi connectivity index (χ4n) is 2.15. The molecule has 2 heteroatoms. The average Bonchev–Trinajstić information content (AvgIpc) is 2.38. The van der Waals surface area contributed by atoms with Crippen LogP contribution in [0.3, 0.4) is 0 Å². The van der Waals surface area contributed by atoms with Crippen LogP contribution in [0, 0.1) is 5.92 Å². The molecule has 0 aliphatic heterocycles. The zero-order valence-corrected chi connectivity index (χ0v) is 11.9. The summed E-state index contributed by atoms with van der Waals surface area (Å²) < 4.78 is 5.96. The van der Waals surface area contributed by atoms with Gasteiger partial charge >= 0.3 is 0 Å². The molecule has 1 atom stereocenters. The van der Waals surface area contributed by atoms with Crippen LogP contribution in [0.2, 0.25) is 0 Å². The summed E-state index contributed by atoms with van der Waals surface area (Å²) in [6.07, 6.45) is 0.501. The van der Waals surface area contributed by atoms with E-state index in [2.05, 4.69) is 19.9 Å². The zero-order chi connectivity index (χ0) is 13.8. The van der Waals surface area contributed by atoms with Gasteiger partial charge in [0.05, 0.1) is 12.7 Å². The number of aliphatic hydroxyl groups excluding tert-OH is 1. The van der Waals surface area contributed by atoms with Crippen molar-refractivity contribution < 1.29 is 9.84 Å². The maximum Gasteiger partial charge on any atom is 0.132 e. The number of hydrogen-bond acceptors (Lipinski definition) is 2. The number of benzene rings is 2. The fourth-order valence-corrected chi connectivity index (χ4v) is 2.15. The van der Waals surface area contributed by atoms with Gasteiger partial charge in [0.15, 0.2) is 0 Å². The minimum atomic E-state index is -0.515. The van der Waals surface area contributed by atoms with E-state index in [1.807, 2.05) is 30.3 Å². The first-order chi connectivity index (χ1) is 9.09. The third-order valence-electron chi connectivity index (χ3n) is 3.30. The molecule has 0 fully saturated rings. The summed E-state index contributed by atoms with van der Waals surface area (Å²) in [5, 5.41) is 12.1. The van der Waals surface area contributed by atoms with Gasteiger partial charge in [0.1, 0.15) is 5.75 Å². The summed E-state index contributed by atoms with van der Waals surface area (Å²) in [4.78, 5) is 0. The number of rotatable bonds is 5. The van der Waals surface area contributed by atoms with Gasteiger partial charge in [0.2, 0.25) is 0 Å². The van der Waals surface area contributed by atoms with Crippen molar-refractivity contribution >= 4 is 10.8 Å². The summed E-state index contributed by atoms with van der Waals surface area (Å²) in [6, 6.07) is 12.1. The molecule has 1 N–H and O–H groups in total. The molecular weight excluding hydrogens is 236 g/mol. The van der Waals surface area contributed by atoms with Crippen LogP contribution in [0.5, 0.6) is 5.75 Å². The van der Waals surface area contributed by atoms with Crippen molar-refractivity contribution in [2.45, 2.75) is 33.3 Å². The highest BCUT2D eigenvalue weighted by atomic mass is 16.5. The number of aliphatic hydroxyl groups is 1. The summed E-state index contributed by atoms with van der Waals surface area (Å²) in [5.74, 6) is 1.44. The number of ether oxygens (including phenoxy) is 1. The van der Waals surface area contributed by atoms with E-state index in [1.54, 1.807) is 6.92 Å². The SMILES string of the molecule is CC(C)CCOc1c(C(C)O)ccc2ccccc12. The highest BCUT2D eigenvalue weighted by molar-refractivity contribution is 5.89. The van der Waals surface area contributed by atoms with Crippen molar-refractivity contribution in [1.82, 2.24) is 0 Å². The molecule has 102 valence electrons. The molecule has 2 nitrogen and oxygen atoms in total. The second-order valence-corrected chi connectivity index (χ2v) is 5.41. The molecule has 0 radical (unpaired) electrons. The van der Waals surface area contributed by atoms with Gasteiger partial charge in [0.25, 0.3) is 0 Å². The van der Waals surface area contributed by atoms with Gasteiger partial charge in [-0.1, -0.05) is 50.2 Å². The monoisotopic (exact) mass is 258 g/mol. The molecule has 1 unspecified atom stereocenters. The summed E-state index contributed by atoms with van der Waals surface area (Å²) in [7, 11) is 0. The highest BCUT2D eigenvalue weighted by Crippen LogP contribution is 2.33. The Hall–Kier alpha value is -1.54. The maximum atomic E-state index is 9.89. The maximum absolute atomic E-state index is 9.89. The molecule has 0 aromatic heterocycles. The first-order valence-electron chi connectivity index (χ1n) is 6.92. The van der Waals surface area contributed by atoms with Crippen molar-refractivity contribution in [2.24, 2.45) is 5.92 Å². The number of hydrogen-bond donors (Lipinski definition) is 1. The third kappa shape index (κ3) is 3.27. The van der Waals surface area contributed by atoms with Gasteiger partial charge in [-0.3, -0.25) is 0 Å². The molecule has 0 saturated carbocycles. The first kappa shape index (κ1) is 13.9. The fraction of sp³-hybridized carbons (Fsp3) is 0.412. The predicted octanol–water partition coefficient (Wildman–Crippen LogP) is 4.32. The molecular formula is C17H22O2. The van der Waals surface area contributed by atoms with Crippen LogP contribution in [0.1, 0.15) is 38.9 Å². The third-order valence-corrected chi connectivity index (χ3v) is 3.30. The van der Waals surface area contributed by atoms with Crippen molar-refractivity contribution in [3.63, 3.8) is 0 Å². The van der Waals surface area contributed by atoms with Gasteiger partial charge < -0.3 is 9.84 Å². The lowest BCUT2D eigenvalue weighted by atomic mass is 10.0. The molecule has 2 aromatic carbocycles. The van der Waals surface area contributed by atoms with Gasteiger partial charge in [-0.15, -0.1) is 0 Å². The van der Waals surface area contributed by atoms with Gasteiger partial charge in [-0.2, -0.15) is 0 Å². The van der Waals surface area contributed by atoms with E-state index in [0.717, 1.165) is 28.5 Å². The smallest absolute Gasteiger partial charge is 0.132 e. The van der Waals surface area contributed by atoms with Gasteiger partial charge in [-0.25, -0.2) is 0 Å². The molecule has 0 aliphatic rings. The lowest BCUT2D eigenvalue weighted by molar-refractivity contribution is 0.190. The Morgan fingerprint density at radius 2 is 1.79 bits per heavy atom. The Bertz CT molecular complexity index is 544. The molecule has 2 aromatic rings. The predicted molar refractivity (Wildman–Crippen MR) is 79.5 cm³/mol. The molecule has 2 rings (SSSR count). The zero-order valence-electron chi connectivity index (χ0n) is 11.9. The Labute approximate surface area is 115 Å². The van der Waals surface area contributed by atoms with Crippen molar-refractivity contribution in [2.75, 3.05) is 6.61 Å². The van der Waals surface area contributed by atoms with Crippen molar-refractivity contribution in [3.8, 4) is 5.75 Å². The Morgan fingerprint density at radius 1 is 1.05 bits per heavy atom. The molecule has 0 aliphatic carbocycles. The normalized spacial score (nSPS) is 12.9. The van der Waals surface area contributed by atoms with Crippen molar-refractivity contribution in [3.05, 3.63) is 42.0 Å². The van der Waals surface area contributed by atoms with Crippen molar-refractivity contribution in [1.29, 1.82) is 0 Å². The second-order valence-electron chi connectivity index (χ2n) is 5.41. The molecule has 0 bridgehead atoms. The van der Waals surface area contributed by atoms with E-state index in [0.29, 0.717) is 12.5 Å². The summed E-state index contributed by atoms with van der Waals surface area (Å²) in [5.41, 5.74) is 0.863. The molecule has 0 saturated heterocycles. The Morgan fingerprint density at radius 3 is 2.47 bits per heavy atom. The Kier molecular flexibility index (Phi) is 4.43. The van der Waals surface area contributed by atoms with E-state index < -0.39 is 6.10 Å². The second kappa shape index (κ2) is 6.07. The van der Waals surface area contributed by atoms with E-state index in [1.165, 1.54) is 0 Å². The lowest BCUT2D eigenvalue weighted by Crippen LogP contribution is -2.05. The topological polar surface area (TPSA) is 29.5 Å². The van der Waals surface area contributed by atoms with E-state index in [9.17, 15) is 5.11 Å². The molecule has 0 amide bonds. The van der Waals surface area contributed by atoms with Crippen LogP contribution in [0.25, 0.3) is 10.8 Å². The molecule has 0 spiro atoms. The summed E-state index contributed by atoms with van der Waals surface area (Å²) in [6.45, 7) is 6.83. The quantitative estimate of drug-likeness (QED) is 0.865. The average molecular weight is 258 g/mol. The standard InChI is InChI=1S/C17H22O2/c1-12(2)10-11-19-17-15(13(3)18)9-8-14-6-4-5-7-16(14)17/h4-9,12-13,18H,10-11H2,1-3H3. The van der Waals surface area contributed by atoms with Crippen LogP contribution in [-0.2, 0) is 0 Å². The lowest BCUT2D eigenvalue weighted by Gasteiger charge is -2.16. The van der Waals surface area contributed by atoms with Gasteiger partial charge in [-0.05, 0) is 24.6 Å². The minimum absolute atomic E-state index is 0.515. The van der Waals surface area contributed by atoms with E-state index in [4.69, 9.17) is 4.74 Å². The van der Waals surface area contributed by atoms with Crippen LogP contribution < -0.4 is 4.74 Å². The Balaban J connectivity index is 2.38. The molecule has 19 heavy (non-hydrogen) atoms. The molecule has 0 heterocycles. The number of fused-ring (bicyclic) bond motifs is 1. The summed E-state index contributed by atoms with van der Waals surface area (Å²) >= 11 is 0. The first-order valence-corrected chi connectivity index (χ1v) is 6.92. The van der Waals surface area contributed by atoms with Gasteiger partial charge in [0, 0.05) is 10.9 Å². The van der Waals surface area contributed by atoms with Crippen LogP contribution in [0.15, 0.2) is 36.4 Å². The highest BCUT2D eigenvalue weighted by Gasteiger charge is 2.13. The van der Waals surface area contributed by atoms with E-state index >= 15 is 0 Å². The minimum Gasteiger partial charge on any atom is -0.493 e. The largest absolute Gasteiger partial charge is 0.493 e. The van der Waals surface area contributed by atoms with Crippen LogP contribution in [0.4, 0.5) is 0 Å². The van der Waals surface area contributed by atoms with E-state index in [-0.39, 0.29) is 0 Å².